The fraction of sp³-hybridized carbons (Fsp3) is 0.250. The van der Waals surface area contributed by atoms with E-state index < -0.39 is 0 Å². The van der Waals surface area contributed by atoms with Gasteiger partial charge < -0.3 is 5.32 Å². The Kier molecular flexibility index (Phi) is 6.01. The summed E-state index contributed by atoms with van der Waals surface area (Å²) in [5.41, 5.74) is 2.32. The number of rotatable bonds is 5. The summed E-state index contributed by atoms with van der Waals surface area (Å²) < 4.78 is 2.61. The molecule has 0 saturated heterocycles. The summed E-state index contributed by atoms with van der Waals surface area (Å²) in [7, 11) is 0. The van der Waals surface area contributed by atoms with E-state index in [0.29, 0.717) is 16.1 Å². The summed E-state index contributed by atoms with van der Waals surface area (Å²) in [6.45, 7) is 5.81. The SMILES string of the molecule is Cc1cc(Br)ccc1NC(=O)CSc1nc2ccccc2c(=O)n1C(C)C. The standard InChI is InChI=1S/C20H20BrN3O2S/c1-12(2)24-19(26)15-6-4-5-7-17(15)23-20(24)27-11-18(25)22-16-9-8-14(21)10-13(16)3/h4-10,12H,11H2,1-3H3,(H,22,25). The Balaban J connectivity index is 1.82. The summed E-state index contributed by atoms with van der Waals surface area (Å²) in [6.07, 6.45) is 0. The van der Waals surface area contributed by atoms with E-state index >= 15 is 0 Å². The molecule has 0 aliphatic heterocycles. The van der Waals surface area contributed by atoms with Crippen LogP contribution in [0.2, 0.25) is 0 Å². The second kappa shape index (κ2) is 8.27. The zero-order valence-corrected chi connectivity index (χ0v) is 17.7. The van der Waals surface area contributed by atoms with Gasteiger partial charge >= 0.3 is 0 Å². The Morgan fingerprint density at radius 1 is 1.26 bits per heavy atom. The number of aromatic nitrogens is 2. The van der Waals surface area contributed by atoms with Crippen molar-refractivity contribution in [1.82, 2.24) is 9.55 Å². The molecule has 0 unspecified atom stereocenters. The Hall–Kier alpha value is -2.12. The number of thioether (sulfide) groups is 1. The fourth-order valence-electron chi connectivity index (χ4n) is 2.77. The van der Waals surface area contributed by atoms with Gasteiger partial charge in [-0.3, -0.25) is 14.2 Å². The van der Waals surface area contributed by atoms with Crippen molar-refractivity contribution in [2.75, 3.05) is 11.1 Å². The number of halogens is 1. The van der Waals surface area contributed by atoms with E-state index in [1.807, 2.05) is 57.2 Å². The first-order valence-electron chi connectivity index (χ1n) is 8.57. The molecule has 0 atom stereocenters. The topological polar surface area (TPSA) is 64.0 Å². The monoisotopic (exact) mass is 445 g/mol. The Morgan fingerprint density at radius 3 is 2.70 bits per heavy atom. The normalized spacial score (nSPS) is 11.1. The van der Waals surface area contributed by atoms with Gasteiger partial charge in [0, 0.05) is 16.2 Å². The molecule has 2 aromatic carbocycles. The number of aryl methyl sites for hydroxylation is 1. The van der Waals surface area contributed by atoms with Crippen molar-refractivity contribution in [3.8, 4) is 0 Å². The van der Waals surface area contributed by atoms with Crippen LogP contribution in [-0.2, 0) is 4.79 Å². The highest BCUT2D eigenvalue weighted by atomic mass is 79.9. The number of hydrogen-bond acceptors (Lipinski definition) is 4. The molecule has 0 fully saturated rings. The van der Waals surface area contributed by atoms with Gasteiger partial charge in [0.25, 0.3) is 5.56 Å². The van der Waals surface area contributed by atoms with Crippen LogP contribution in [0, 0.1) is 6.92 Å². The minimum atomic E-state index is -0.136. The molecular formula is C20H20BrN3O2S. The van der Waals surface area contributed by atoms with Gasteiger partial charge in [0.05, 0.1) is 16.7 Å². The molecule has 0 saturated carbocycles. The lowest BCUT2D eigenvalue weighted by Gasteiger charge is -2.16. The average Bonchev–Trinajstić information content (AvgIpc) is 2.62. The van der Waals surface area contributed by atoms with Gasteiger partial charge in [-0.2, -0.15) is 0 Å². The molecule has 140 valence electrons. The molecule has 0 aliphatic carbocycles. The van der Waals surface area contributed by atoms with Crippen molar-refractivity contribution in [3.63, 3.8) is 0 Å². The predicted molar refractivity (Wildman–Crippen MR) is 115 cm³/mol. The fourth-order valence-corrected chi connectivity index (χ4v) is 4.17. The molecule has 1 aromatic heterocycles. The van der Waals surface area contributed by atoms with Gasteiger partial charge in [-0.25, -0.2) is 4.98 Å². The van der Waals surface area contributed by atoms with E-state index in [4.69, 9.17) is 0 Å². The second-order valence-corrected chi connectivity index (χ2v) is 8.33. The summed E-state index contributed by atoms with van der Waals surface area (Å²) in [5, 5.41) is 4.05. The number of nitrogens with zero attached hydrogens (tertiary/aromatic N) is 2. The van der Waals surface area contributed by atoms with Gasteiger partial charge in [0.2, 0.25) is 5.91 Å². The van der Waals surface area contributed by atoms with Gasteiger partial charge in [-0.1, -0.05) is 39.8 Å². The minimum Gasteiger partial charge on any atom is -0.325 e. The molecular weight excluding hydrogens is 426 g/mol. The molecule has 0 radical (unpaired) electrons. The smallest absolute Gasteiger partial charge is 0.262 e. The van der Waals surface area contributed by atoms with Crippen LogP contribution in [0.3, 0.4) is 0 Å². The van der Waals surface area contributed by atoms with Crippen LogP contribution in [0.15, 0.2) is 56.9 Å². The Morgan fingerprint density at radius 2 is 2.00 bits per heavy atom. The molecule has 5 nitrogen and oxygen atoms in total. The molecule has 1 amide bonds. The maximum absolute atomic E-state index is 12.8. The first-order valence-corrected chi connectivity index (χ1v) is 10.3. The third-order valence-electron chi connectivity index (χ3n) is 4.09. The molecule has 0 spiro atoms. The average molecular weight is 446 g/mol. The van der Waals surface area contributed by atoms with Crippen molar-refractivity contribution in [3.05, 3.63) is 62.9 Å². The van der Waals surface area contributed by atoms with E-state index in [-0.39, 0.29) is 23.3 Å². The van der Waals surface area contributed by atoms with Gasteiger partial charge in [0.1, 0.15) is 0 Å². The first kappa shape index (κ1) is 19.6. The number of amides is 1. The quantitative estimate of drug-likeness (QED) is 0.453. The third-order valence-corrected chi connectivity index (χ3v) is 5.53. The zero-order valence-electron chi connectivity index (χ0n) is 15.3. The maximum Gasteiger partial charge on any atom is 0.262 e. The number of fused-ring (bicyclic) bond motifs is 1. The highest BCUT2D eigenvalue weighted by Crippen LogP contribution is 2.23. The summed E-state index contributed by atoms with van der Waals surface area (Å²) in [6, 6.07) is 12.9. The number of anilines is 1. The Bertz CT molecular complexity index is 1060. The van der Waals surface area contributed by atoms with Crippen LogP contribution >= 0.6 is 27.7 Å². The molecule has 7 heteroatoms. The van der Waals surface area contributed by atoms with E-state index in [2.05, 4.69) is 26.2 Å². The van der Waals surface area contributed by atoms with E-state index in [9.17, 15) is 9.59 Å². The van der Waals surface area contributed by atoms with Gasteiger partial charge in [0.15, 0.2) is 5.16 Å². The van der Waals surface area contributed by atoms with Crippen LogP contribution in [0.25, 0.3) is 10.9 Å². The van der Waals surface area contributed by atoms with Crippen molar-refractivity contribution in [1.29, 1.82) is 0 Å². The number of nitrogens with one attached hydrogen (secondary N) is 1. The van der Waals surface area contributed by atoms with Crippen molar-refractivity contribution >= 4 is 50.2 Å². The molecule has 1 N–H and O–H groups in total. The van der Waals surface area contributed by atoms with Crippen molar-refractivity contribution < 1.29 is 4.79 Å². The molecule has 1 heterocycles. The van der Waals surface area contributed by atoms with Gasteiger partial charge in [-0.15, -0.1) is 0 Å². The van der Waals surface area contributed by atoms with E-state index in [1.54, 1.807) is 10.6 Å². The van der Waals surface area contributed by atoms with E-state index in [1.165, 1.54) is 11.8 Å². The van der Waals surface area contributed by atoms with Crippen molar-refractivity contribution in [2.45, 2.75) is 32.0 Å². The van der Waals surface area contributed by atoms with Crippen LogP contribution in [0.1, 0.15) is 25.5 Å². The lowest BCUT2D eigenvalue weighted by atomic mass is 10.2. The number of benzene rings is 2. The van der Waals surface area contributed by atoms with Crippen molar-refractivity contribution in [2.24, 2.45) is 0 Å². The highest BCUT2D eigenvalue weighted by molar-refractivity contribution is 9.10. The molecule has 0 bridgehead atoms. The minimum absolute atomic E-state index is 0.0473. The van der Waals surface area contributed by atoms with Crippen LogP contribution in [0.4, 0.5) is 5.69 Å². The molecule has 27 heavy (non-hydrogen) atoms. The number of carbonyl (C=O) groups is 1. The number of carbonyl (C=O) groups excluding carboxylic acids is 1. The lowest BCUT2D eigenvalue weighted by molar-refractivity contribution is -0.113. The summed E-state index contributed by atoms with van der Waals surface area (Å²) in [5.74, 6) is 0.0376. The Labute approximate surface area is 170 Å². The van der Waals surface area contributed by atoms with E-state index in [0.717, 1.165) is 15.7 Å². The maximum atomic E-state index is 12.8. The van der Waals surface area contributed by atoms with Crippen LogP contribution in [-0.4, -0.2) is 21.2 Å². The molecule has 3 rings (SSSR count). The number of hydrogen-bond donors (Lipinski definition) is 1. The first-order chi connectivity index (χ1) is 12.9. The number of para-hydroxylation sites is 1. The second-order valence-electron chi connectivity index (χ2n) is 6.48. The van der Waals surface area contributed by atoms with Gasteiger partial charge in [-0.05, 0) is 56.7 Å². The molecule has 3 aromatic rings. The third kappa shape index (κ3) is 4.42. The highest BCUT2D eigenvalue weighted by Gasteiger charge is 2.15. The van der Waals surface area contributed by atoms with Crippen LogP contribution < -0.4 is 10.9 Å². The lowest BCUT2D eigenvalue weighted by Crippen LogP contribution is -2.25. The summed E-state index contributed by atoms with van der Waals surface area (Å²) in [4.78, 5) is 29.8. The van der Waals surface area contributed by atoms with Crippen LogP contribution in [0.5, 0.6) is 0 Å². The largest absolute Gasteiger partial charge is 0.325 e. The summed E-state index contributed by atoms with van der Waals surface area (Å²) >= 11 is 4.69. The predicted octanol–water partition coefficient (Wildman–Crippen LogP) is 4.78. The molecule has 0 aliphatic rings. The zero-order chi connectivity index (χ0) is 19.6.